The predicted octanol–water partition coefficient (Wildman–Crippen LogP) is 3.71. The van der Waals surface area contributed by atoms with Gasteiger partial charge in [-0.3, -0.25) is 0 Å². The highest BCUT2D eigenvalue weighted by molar-refractivity contribution is 7.79. The Morgan fingerprint density at radius 2 is 1.76 bits per heavy atom. The van der Waals surface area contributed by atoms with Crippen molar-refractivity contribution in [3.05, 3.63) is 53.6 Å². The summed E-state index contributed by atoms with van der Waals surface area (Å²) in [6.07, 6.45) is 0. The zero-order valence-corrected chi connectivity index (χ0v) is 10.2. The first-order valence-electron chi connectivity index (χ1n) is 4.79. The van der Waals surface area contributed by atoms with E-state index in [2.05, 4.69) is 0 Å². The molecule has 1 atom stereocenters. The molecule has 5 heteroatoms. The van der Waals surface area contributed by atoms with Crippen LogP contribution in [0, 0.1) is 0 Å². The summed E-state index contributed by atoms with van der Waals surface area (Å²) in [6, 6.07) is 13.4. The second-order valence-electron chi connectivity index (χ2n) is 3.28. The Morgan fingerprint density at radius 3 is 2.35 bits per heavy atom. The lowest BCUT2D eigenvalue weighted by atomic mass is 10.3. The first-order chi connectivity index (χ1) is 8.15. The van der Waals surface area contributed by atoms with Crippen molar-refractivity contribution in [2.24, 2.45) is 0 Å². The minimum atomic E-state index is -1.96. The number of benzene rings is 2. The molecular formula is C12H9ClO3S. The third-order valence-corrected chi connectivity index (χ3v) is 2.97. The number of ether oxygens (including phenoxy) is 1. The van der Waals surface area contributed by atoms with Crippen molar-refractivity contribution in [1.29, 1.82) is 0 Å². The van der Waals surface area contributed by atoms with E-state index in [1.165, 1.54) is 12.1 Å². The summed E-state index contributed by atoms with van der Waals surface area (Å²) < 4.78 is 25.2. The van der Waals surface area contributed by atoms with Crippen LogP contribution in [0.15, 0.2) is 53.4 Å². The van der Waals surface area contributed by atoms with Crippen LogP contribution in [0.3, 0.4) is 0 Å². The fraction of sp³-hybridized carbons (Fsp3) is 0. The molecule has 3 nitrogen and oxygen atoms in total. The minimum absolute atomic E-state index is 0.337. The van der Waals surface area contributed by atoms with Crippen LogP contribution in [0.4, 0.5) is 0 Å². The largest absolute Gasteiger partial charge is 0.457 e. The smallest absolute Gasteiger partial charge is 0.186 e. The molecule has 2 aromatic carbocycles. The highest BCUT2D eigenvalue weighted by atomic mass is 35.5. The molecular weight excluding hydrogens is 260 g/mol. The monoisotopic (exact) mass is 268 g/mol. The molecule has 88 valence electrons. The topological polar surface area (TPSA) is 46.5 Å². The maximum absolute atomic E-state index is 10.8. The van der Waals surface area contributed by atoms with E-state index < -0.39 is 11.1 Å². The van der Waals surface area contributed by atoms with Gasteiger partial charge < -0.3 is 9.29 Å². The first kappa shape index (κ1) is 12.1. The van der Waals surface area contributed by atoms with Gasteiger partial charge in [-0.05, 0) is 42.5 Å². The molecule has 0 fully saturated rings. The maximum Gasteiger partial charge on any atom is 0.186 e. The maximum atomic E-state index is 10.8. The number of rotatable bonds is 3. The molecule has 0 aromatic heterocycles. The van der Waals surface area contributed by atoms with Gasteiger partial charge in [-0.15, -0.1) is 0 Å². The fourth-order valence-corrected chi connectivity index (χ4v) is 1.84. The number of halogens is 1. The lowest BCUT2D eigenvalue weighted by Gasteiger charge is -2.05. The van der Waals surface area contributed by atoms with E-state index in [1.54, 1.807) is 36.4 Å². The van der Waals surface area contributed by atoms with E-state index in [0.29, 0.717) is 21.4 Å². The fourth-order valence-electron chi connectivity index (χ4n) is 1.29. The number of hydrogen-bond acceptors (Lipinski definition) is 2. The Balaban J connectivity index is 2.16. The molecule has 0 spiro atoms. The summed E-state index contributed by atoms with van der Waals surface area (Å²) in [6.45, 7) is 0. The van der Waals surface area contributed by atoms with Crippen molar-refractivity contribution in [1.82, 2.24) is 0 Å². The zero-order chi connectivity index (χ0) is 12.3. The second kappa shape index (κ2) is 5.31. The van der Waals surface area contributed by atoms with Crippen LogP contribution in [0.2, 0.25) is 5.02 Å². The molecule has 0 aliphatic rings. The quantitative estimate of drug-likeness (QED) is 0.863. The summed E-state index contributed by atoms with van der Waals surface area (Å²) in [5.41, 5.74) is 0. The van der Waals surface area contributed by atoms with Gasteiger partial charge in [-0.1, -0.05) is 17.7 Å². The van der Waals surface area contributed by atoms with E-state index in [0.717, 1.165) is 0 Å². The predicted molar refractivity (Wildman–Crippen MR) is 67.0 cm³/mol. The van der Waals surface area contributed by atoms with Gasteiger partial charge in [0.1, 0.15) is 11.5 Å². The summed E-state index contributed by atoms with van der Waals surface area (Å²) >= 11 is 3.86. The Morgan fingerprint density at radius 1 is 1.06 bits per heavy atom. The van der Waals surface area contributed by atoms with Crippen LogP contribution < -0.4 is 4.74 Å². The summed E-state index contributed by atoms with van der Waals surface area (Å²) in [5.74, 6) is 1.21. The highest BCUT2D eigenvalue weighted by Crippen LogP contribution is 2.24. The Kier molecular flexibility index (Phi) is 3.78. The summed E-state index contributed by atoms with van der Waals surface area (Å²) in [5, 5.41) is 0.593. The summed E-state index contributed by atoms with van der Waals surface area (Å²) in [7, 11) is 0. The van der Waals surface area contributed by atoms with Crippen molar-refractivity contribution < 1.29 is 13.5 Å². The van der Waals surface area contributed by atoms with Crippen molar-refractivity contribution >= 4 is 22.7 Å². The standard InChI is InChI=1S/C12H9ClO3S/c13-9-2-1-3-11(8-9)16-10-4-6-12(7-5-10)17(14)15/h1-8H,(H,14,15). The molecule has 2 rings (SSSR count). The molecule has 0 bridgehead atoms. The van der Waals surface area contributed by atoms with E-state index in [4.69, 9.17) is 20.9 Å². The van der Waals surface area contributed by atoms with E-state index in [-0.39, 0.29) is 0 Å². The molecule has 0 saturated heterocycles. The average molecular weight is 269 g/mol. The molecule has 0 radical (unpaired) electrons. The third kappa shape index (κ3) is 3.30. The van der Waals surface area contributed by atoms with E-state index in [9.17, 15) is 4.21 Å². The highest BCUT2D eigenvalue weighted by Gasteiger charge is 2.01. The summed E-state index contributed by atoms with van der Waals surface area (Å²) in [4.78, 5) is 0.337. The van der Waals surface area contributed by atoms with Gasteiger partial charge in [0.15, 0.2) is 11.1 Å². The van der Waals surface area contributed by atoms with Crippen LogP contribution in [-0.2, 0) is 11.1 Å². The molecule has 0 amide bonds. The number of hydrogen-bond donors (Lipinski definition) is 1. The van der Waals surface area contributed by atoms with E-state index in [1.807, 2.05) is 0 Å². The van der Waals surface area contributed by atoms with Crippen LogP contribution in [0.5, 0.6) is 11.5 Å². The Labute approximate surface area is 106 Å². The lowest BCUT2D eigenvalue weighted by molar-refractivity contribution is 0.482. The van der Waals surface area contributed by atoms with Crippen LogP contribution in [0.1, 0.15) is 0 Å². The van der Waals surface area contributed by atoms with Crippen LogP contribution >= 0.6 is 11.6 Å². The van der Waals surface area contributed by atoms with Crippen molar-refractivity contribution in [2.75, 3.05) is 0 Å². The van der Waals surface area contributed by atoms with Gasteiger partial charge in [0.05, 0.1) is 4.90 Å². The second-order valence-corrected chi connectivity index (χ2v) is 4.69. The average Bonchev–Trinajstić information content (AvgIpc) is 2.29. The molecule has 1 N–H and O–H groups in total. The SMILES string of the molecule is O=S(O)c1ccc(Oc2cccc(Cl)c2)cc1. The first-order valence-corrected chi connectivity index (χ1v) is 6.28. The van der Waals surface area contributed by atoms with E-state index >= 15 is 0 Å². The van der Waals surface area contributed by atoms with Crippen LogP contribution in [0.25, 0.3) is 0 Å². The molecule has 0 heterocycles. The van der Waals surface area contributed by atoms with Crippen molar-refractivity contribution in [3.8, 4) is 11.5 Å². The van der Waals surface area contributed by atoms with Gasteiger partial charge in [-0.2, -0.15) is 0 Å². The third-order valence-electron chi connectivity index (χ3n) is 2.06. The van der Waals surface area contributed by atoms with Gasteiger partial charge in [0.2, 0.25) is 0 Å². The molecule has 0 aliphatic carbocycles. The normalized spacial score (nSPS) is 12.1. The molecule has 0 saturated carbocycles. The minimum Gasteiger partial charge on any atom is -0.457 e. The van der Waals surface area contributed by atoms with Crippen LogP contribution in [-0.4, -0.2) is 8.76 Å². The molecule has 2 aromatic rings. The lowest BCUT2D eigenvalue weighted by Crippen LogP contribution is -1.88. The Bertz CT molecular complexity index is 540. The molecule has 17 heavy (non-hydrogen) atoms. The molecule has 0 aliphatic heterocycles. The van der Waals surface area contributed by atoms with Crippen molar-refractivity contribution in [3.63, 3.8) is 0 Å². The van der Waals surface area contributed by atoms with Crippen molar-refractivity contribution in [2.45, 2.75) is 4.90 Å². The Hall–Kier alpha value is -1.36. The molecule has 1 unspecified atom stereocenters. The van der Waals surface area contributed by atoms with Gasteiger partial charge >= 0.3 is 0 Å². The van der Waals surface area contributed by atoms with Gasteiger partial charge in [0, 0.05) is 5.02 Å². The zero-order valence-electron chi connectivity index (χ0n) is 8.67. The van der Waals surface area contributed by atoms with Gasteiger partial charge in [-0.25, -0.2) is 4.21 Å². The van der Waals surface area contributed by atoms with Gasteiger partial charge in [0.25, 0.3) is 0 Å².